The lowest BCUT2D eigenvalue weighted by molar-refractivity contribution is 0.00973. The van der Waals surface area contributed by atoms with Crippen LogP contribution in [-0.4, -0.2) is 42.4 Å². The molecule has 1 atom stereocenters. The van der Waals surface area contributed by atoms with Gasteiger partial charge in [-0.1, -0.05) is 0 Å². The Morgan fingerprint density at radius 1 is 1.29 bits per heavy atom. The molecule has 0 amide bonds. The van der Waals surface area contributed by atoms with Crippen LogP contribution in [0.1, 0.15) is 30.7 Å². The summed E-state index contributed by atoms with van der Waals surface area (Å²) in [5.74, 6) is 0.783. The van der Waals surface area contributed by atoms with Crippen molar-refractivity contribution in [2.24, 2.45) is 14.1 Å². The zero-order valence-electron chi connectivity index (χ0n) is 12.7. The summed E-state index contributed by atoms with van der Waals surface area (Å²) in [5, 5.41) is 15.2. The molecule has 0 unspecified atom stereocenters. The third-order valence-electron chi connectivity index (χ3n) is 4.31. The van der Waals surface area contributed by atoms with Crippen LogP contribution in [0.25, 0.3) is 0 Å². The van der Waals surface area contributed by atoms with E-state index < -0.39 is 5.60 Å². The number of aryl methyl sites for hydroxylation is 2. The van der Waals surface area contributed by atoms with Gasteiger partial charge in [0.05, 0.1) is 6.20 Å². The van der Waals surface area contributed by atoms with Gasteiger partial charge in [0.2, 0.25) is 0 Å². The van der Waals surface area contributed by atoms with Crippen LogP contribution in [0, 0.1) is 0 Å². The van der Waals surface area contributed by atoms with E-state index in [1.807, 2.05) is 35.7 Å². The fourth-order valence-corrected chi connectivity index (χ4v) is 3.18. The molecule has 114 valence electrons. The van der Waals surface area contributed by atoms with Gasteiger partial charge in [-0.25, -0.2) is 4.98 Å². The Labute approximate surface area is 125 Å². The number of rotatable bonds is 3. The monoisotopic (exact) mass is 289 g/mol. The van der Waals surface area contributed by atoms with Crippen molar-refractivity contribution in [1.82, 2.24) is 24.2 Å². The Balaban J connectivity index is 1.68. The summed E-state index contributed by atoms with van der Waals surface area (Å²) in [5.41, 5.74) is 0.419. The van der Waals surface area contributed by atoms with Crippen LogP contribution >= 0.6 is 0 Å². The molecule has 0 radical (unpaired) electrons. The van der Waals surface area contributed by atoms with Crippen molar-refractivity contribution in [3.05, 3.63) is 36.2 Å². The number of aromatic nitrogens is 4. The maximum Gasteiger partial charge on any atom is 0.140 e. The lowest BCUT2D eigenvalue weighted by atomic mass is 9.94. The molecule has 1 fully saturated rings. The highest BCUT2D eigenvalue weighted by Gasteiger charge is 2.35. The first-order valence-corrected chi connectivity index (χ1v) is 7.47. The fraction of sp³-hybridized carbons (Fsp3) is 0.600. The van der Waals surface area contributed by atoms with Gasteiger partial charge < -0.3 is 9.67 Å². The van der Waals surface area contributed by atoms with Crippen molar-refractivity contribution in [3.8, 4) is 0 Å². The average Bonchev–Trinajstić information content (AvgIpc) is 3.00. The van der Waals surface area contributed by atoms with E-state index in [0.29, 0.717) is 0 Å². The number of aliphatic hydroxyl groups is 1. The zero-order valence-corrected chi connectivity index (χ0v) is 12.7. The minimum absolute atomic E-state index is 0.720. The van der Waals surface area contributed by atoms with Crippen molar-refractivity contribution in [2.75, 3.05) is 13.1 Å². The minimum Gasteiger partial charge on any atom is -0.382 e. The lowest BCUT2D eigenvalue weighted by Gasteiger charge is -2.26. The van der Waals surface area contributed by atoms with Gasteiger partial charge in [0.25, 0.3) is 0 Å². The first-order chi connectivity index (χ1) is 10.1. The second-order valence-corrected chi connectivity index (χ2v) is 6.05. The molecule has 3 heterocycles. The Bertz CT molecular complexity index is 605. The minimum atomic E-state index is -0.804. The second kappa shape index (κ2) is 5.61. The van der Waals surface area contributed by atoms with Gasteiger partial charge in [-0.2, -0.15) is 5.10 Å². The van der Waals surface area contributed by atoms with Crippen LogP contribution in [0.5, 0.6) is 0 Å². The number of nitrogens with zero attached hydrogens (tertiary/aromatic N) is 5. The van der Waals surface area contributed by atoms with E-state index >= 15 is 0 Å². The molecule has 0 saturated carbocycles. The van der Waals surface area contributed by atoms with Crippen LogP contribution in [-0.2, 0) is 26.2 Å². The molecule has 2 aromatic heterocycles. The molecule has 6 nitrogen and oxygen atoms in total. The normalized spacial score (nSPS) is 24.1. The summed E-state index contributed by atoms with van der Waals surface area (Å²) in [6.45, 7) is 2.77. The molecule has 0 bridgehead atoms. The largest absolute Gasteiger partial charge is 0.382 e. The fourth-order valence-electron chi connectivity index (χ4n) is 3.18. The van der Waals surface area contributed by atoms with E-state index in [1.165, 1.54) is 5.56 Å². The Hall–Kier alpha value is -1.66. The zero-order chi connectivity index (χ0) is 14.9. The van der Waals surface area contributed by atoms with Gasteiger partial charge in [-0.15, -0.1) is 0 Å². The van der Waals surface area contributed by atoms with Crippen LogP contribution in [0.4, 0.5) is 0 Å². The summed E-state index contributed by atoms with van der Waals surface area (Å²) in [7, 11) is 3.88. The van der Waals surface area contributed by atoms with Crippen molar-refractivity contribution >= 4 is 0 Å². The molecule has 0 aromatic carbocycles. The first-order valence-electron chi connectivity index (χ1n) is 7.47. The van der Waals surface area contributed by atoms with E-state index in [9.17, 15) is 5.11 Å². The Kier molecular flexibility index (Phi) is 3.82. The van der Waals surface area contributed by atoms with E-state index in [-0.39, 0.29) is 0 Å². The SMILES string of the molecule is Cn1cc(CN2CCC[C@@](O)(c3nccn3C)CC2)cn1. The molecule has 21 heavy (non-hydrogen) atoms. The molecule has 0 aliphatic carbocycles. The molecule has 6 heteroatoms. The molecule has 2 aromatic rings. The van der Waals surface area contributed by atoms with Gasteiger partial charge in [-0.05, 0) is 25.8 Å². The quantitative estimate of drug-likeness (QED) is 0.917. The predicted octanol–water partition coefficient (Wildman–Crippen LogP) is 1.03. The van der Waals surface area contributed by atoms with Crippen molar-refractivity contribution in [2.45, 2.75) is 31.4 Å². The topological polar surface area (TPSA) is 59.1 Å². The summed E-state index contributed by atoms with van der Waals surface area (Å²) in [4.78, 5) is 6.73. The summed E-state index contributed by atoms with van der Waals surface area (Å²) >= 11 is 0. The van der Waals surface area contributed by atoms with Gasteiger partial charge in [-0.3, -0.25) is 9.58 Å². The third kappa shape index (κ3) is 3.01. The highest BCUT2D eigenvalue weighted by molar-refractivity contribution is 5.07. The molecule has 1 aliphatic rings. The Morgan fingerprint density at radius 2 is 2.14 bits per heavy atom. The van der Waals surface area contributed by atoms with Gasteiger partial charge in [0.15, 0.2) is 0 Å². The maximum absolute atomic E-state index is 11.0. The average molecular weight is 289 g/mol. The molecule has 1 N–H and O–H groups in total. The van der Waals surface area contributed by atoms with Crippen molar-refractivity contribution in [1.29, 1.82) is 0 Å². The third-order valence-corrected chi connectivity index (χ3v) is 4.31. The van der Waals surface area contributed by atoms with Crippen molar-refractivity contribution < 1.29 is 5.11 Å². The second-order valence-electron chi connectivity index (χ2n) is 6.05. The smallest absolute Gasteiger partial charge is 0.140 e. The number of likely N-dealkylation sites (tertiary alicyclic amines) is 1. The standard InChI is InChI=1S/C15H23N5O/c1-18-9-6-16-14(18)15(21)4-3-7-20(8-5-15)12-13-10-17-19(2)11-13/h6,9-11,21H,3-5,7-8,12H2,1-2H3/t15-/m0/s1. The summed E-state index contributed by atoms with van der Waals surface area (Å²) in [6.07, 6.45) is 10.1. The van der Waals surface area contributed by atoms with E-state index in [4.69, 9.17) is 0 Å². The molecule has 1 aliphatic heterocycles. The van der Waals surface area contributed by atoms with Gasteiger partial charge >= 0.3 is 0 Å². The van der Waals surface area contributed by atoms with E-state index in [0.717, 1.165) is 44.7 Å². The molecule has 3 rings (SSSR count). The highest BCUT2D eigenvalue weighted by Crippen LogP contribution is 2.31. The van der Waals surface area contributed by atoms with Crippen LogP contribution in [0.3, 0.4) is 0 Å². The number of hydrogen-bond acceptors (Lipinski definition) is 4. The number of imidazole rings is 1. The van der Waals surface area contributed by atoms with Crippen LogP contribution < -0.4 is 0 Å². The lowest BCUT2D eigenvalue weighted by Crippen LogP contribution is -2.31. The first kappa shape index (κ1) is 14.3. The molecule has 1 saturated heterocycles. The van der Waals surface area contributed by atoms with Crippen LogP contribution in [0.15, 0.2) is 24.8 Å². The van der Waals surface area contributed by atoms with Gasteiger partial charge in [0.1, 0.15) is 11.4 Å². The maximum atomic E-state index is 11.0. The summed E-state index contributed by atoms with van der Waals surface area (Å²) < 4.78 is 3.76. The molecular weight excluding hydrogens is 266 g/mol. The summed E-state index contributed by atoms with van der Waals surface area (Å²) in [6, 6.07) is 0. The van der Waals surface area contributed by atoms with E-state index in [1.54, 1.807) is 6.20 Å². The Morgan fingerprint density at radius 3 is 2.81 bits per heavy atom. The highest BCUT2D eigenvalue weighted by atomic mass is 16.3. The number of hydrogen-bond donors (Lipinski definition) is 1. The molecular formula is C15H23N5O. The predicted molar refractivity (Wildman–Crippen MR) is 79.4 cm³/mol. The molecule has 0 spiro atoms. The van der Waals surface area contributed by atoms with Crippen molar-refractivity contribution in [3.63, 3.8) is 0 Å². The van der Waals surface area contributed by atoms with Gasteiger partial charge in [0, 0.05) is 51.3 Å². The van der Waals surface area contributed by atoms with Crippen LogP contribution in [0.2, 0.25) is 0 Å². The van der Waals surface area contributed by atoms with E-state index in [2.05, 4.69) is 21.2 Å².